The molecule has 0 amide bonds. The molecular formula is C12H6Cl2N2OS. The van der Waals surface area contributed by atoms with Gasteiger partial charge in [-0.2, -0.15) is 5.26 Å². The second-order valence-corrected chi connectivity index (χ2v) is 5.17. The van der Waals surface area contributed by atoms with Crippen LogP contribution in [0.2, 0.25) is 10.0 Å². The average molecular weight is 297 g/mol. The van der Waals surface area contributed by atoms with E-state index in [1.54, 1.807) is 17.6 Å². The number of carbonyl (C=O) groups is 1. The van der Waals surface area contributed by atoms with E-state index in [1.165, 1.54) is 23.6 Å². The fraction of sp³-hybridized carbons (Fsp3) is 0.0833. The van der Waals surface area contributed by atoms with Gasteiger partial charge in [0.2, 0.25) is 0 Å². The van der Waals surface area contributed by atoms with E-state index in [9.17, 15) is 4.79 Å². The van der Waals surface area contributed by atoms with Crippen molar-refractivity contribution < 1.29 is 4.79 Å². The van der Waals surface area contributed by atoms with Gasteiger partial charge in [0.15, 0.2) is 5.78 Å². The zero-order valence-electron chi connectivity index (χ0n) is 8.93. The summed E-state index contributed by atoms with van der Waals surface area (Å²) in [6.07, 6.45) is 1.45. The summed E-state index contributed by atoms with van der Waals surface area (Å²) in [6.45, 7) is 0. The largest absolute Gasteiger partial charge is 0.291 e. The molecule has 0 radical (unpaired) electrons. The maximum atomic E-state index is 12.1. The third-order valence-corrected chi connectivity index (χ3v) is 3.87. The van der Waals surface area contributed by atoms with Crippen molar-refractivity contribution in [3.05, 3.63) is 50.4 Å². The van der Waals surface area contributed by atoms with Crippen molar-refractivity contribution in [3.63, 3.8) is 0 Å². The van der Waals surface area contributed by atoms with Crippen LogP contribution < -0.4 is 0 Å². The summed E-state index contributed by atoms with van der Waals surface area (Å²) in [4.78, 5) is 16.4. The normalized spacial score (nSPS) is 11.8. The molecule has 6 heteroatoms. The maximum absolute atomic E-state index is 12.1. The topological polar surface area (TPSA) is 53.8 Å². The zero-order chi connectivity index (χ0) is 13.1. The van der Waals surface area contributed by atoms with E-state index >= 15 is 0 Å². The minimum atomic E-state index is -0.889. The lowest BCUT2D eigenvalue weighted by atomic mass is 9.95. The smallest absolute Gasteiger partial charge is 0.195 e. The standard InChI is InChI=1S/C12H6Cl2N2OS/c13-9-2-1-7(3-10(9)14)8(4-15)12(17)11-5-16-6-18-11/h1-3,5-6,8H. The van der Waals surface area contributed by atoms with Crippen LogP contribution in [0, 0.1) is 11.3 Å². The van der Waals surface area contributed by atoms with Crippen LogP contribution in [0.25, 0.3) is 0 Å². The van der Waals surface area contributed by atoms with Gasteiger partial charge in [0.25, 0.3) is 0 Å². The molecule has 18 heavy (non-hydrogen) atoms. The maximum Gasteiger partial charge on any atom is 0.195 e. The summed E-state index contributed by atoms with van der Waals surface area (Å²) in [5.41, 5.74) is 2.08. The van der Waals surface area contributed by atoms with Crippen LogP contribution in [0.3, 0.4) is 0 Å². The Kier molecular flexibility index (Phi) is 3.97. The fourth-order valence-corrected chi connectivity index (χ4v) is 2.35. The van der Waals surface area contributed by atoms with Crippen molar-refractivity contribution in [2.24, 2.45) is 0 Å². The minimum absolute atomic E-state index is 0.279. The molecule has 0 fully saturated rings. The Labute approximate surface area is 118 Å². The summed E-state index contributed by atoms with van der Waals surface area (Å²) in [7, 11) is 0. The molecule has 1 atom stereocenters. The van der Waals surface area contributed by atoms with E-state index in [0.29, 0.717) is 20.5 Å². The highest BCUT2D eigenvalue weighted by Crippen LogP contribution is 2.28. The number of benzene rings is 1. The van der Waals surface area contributed by atoms with E-state index in [4.69, 9.17) is 28.5 Å². The predicted octanol–water partition coefficient (Wildman–Crippen LogP) is 3.94. The van der Waals surface area contributed by atoms with Crippen LogP contribution in [-0.2, 0) is 0 Å². The number of carbonyl (C=O) groups excluding carboxylic acids is 1. The fourth-order valence-electron chi connectivity index (χ4n) is 1.46. The molecule has 2 rings (SSSR count). The summed E-state index contributed by atoms with van der Waals surface area (Å²) in [5.74, 6) is -1.17. The number of halogens is 2. The highest BCUT2D eigenvalue weighted by atomic mass is 35.5. The van der Waals surface area contributed by atoms with Gasteiger partial charge in [-0.3, -0.25) is 9.78 Å². The van der Waals surface area contributed by atoms with Crippen LogP contribution in [-0.4, -0.2) is 10.8 Å². The van der Waals surface area contributed by atoms with Crippen molar-refractivity contribution in [1.82, 2.24) is 4.98 Å². The van der Waals surface area contributed by atoms with Crippen molar-refractivity contribution in [2.75, 3.05) is 0 Å². The summed E-state index contributed by atoms with van der Waals surface area (Å²) in [6, 6.07) is 6.72. The summed E-state index contributed by atoms with van der Waals surface area (Å²) in [5, 5.41) is 9.86. The quantitative estimate of drug-likeness (QED) is 0.806. The zero-order valence-corrected chi connectivity index (χ0v) is 11.3. The molecule has 90 valence electrons. The lowest BCUT2D eigenvalue weighted by molar-refractivity contribution is 0.0982. The SMILES string of the molecule is N#CC(C(=O)c1cncs1)c1ccc(Cl)c(Cl)c1. The van der Waals surface area contributed by atoms with Gasteiger partial charge in [-0.1, -0.05) is 29.3 Å². The second kappa shape index (κ2) is 5.49. The van der Waals surface area contributed by atoms with Gasteiger partial charge in [0, 0.05) is 6.20 Å². The Bertz CT molecular complexity index is 620. The first-order valence-corrected chi connectivity index (χ1v) is 6.54. The molecule has 1 unspecified atom stereocenters. The van der Waals surface area contributed by atoms with Crippen LogP contribution in [0.5, 0.6) is 0 Å². The molecule has 0 aliphatic rings. The number of thiazole rings is 1. The molecule has 3 nitrogen and oxygen atoms in total. The lowest BCUT2D eigenvalue weighted by Crippen LogP contribution is -2.09. The van der Waals surface area contributed by atoms with Gasteiger partial charge < -0.3 is 0 Å². The third-order valence-electron chi connectivity index (χ3n) is 2.34. The number of nitrogens with zero attached hydrogens (tertiary/aromatic N) is 2. The van der Waals surface area contributed by atoms with E-state index in [0.717, 1.165) is 0 Å². The van der Waals surface area contributed by atoms with E-state index in [-0.39, 0.29) is 5.78 Å². The van der Waals surface area contributed by atoms with Gasteiger partial charge in [-0.05, 0) is 17.7 Å². The number of Topliss-reactive ketones (excluding diaryl/α,β-unsaturated/α-hetero) is 1. The molecular weight excluding hydrogens is 291 g/mol. The number of hydrogen-bond acceptors (Lipinski definition) is 4. The number of rotatable bonds is 3. The molecule has 0 saturated heterocycles. The molecule has 0 aliphatic carbocycles. The summed E-state index contributed by atoms with van der Waals surface area (Å²) < 4.78 is 0. The van der Waals surface area contributed by atoms with Crippen LogP contribution in [0.4, 0.5) is 0 Å². The first kappa shape index (κ1) is 13.0. The number of ketones is 1. The monoisotopic (exact) mass is 296 g/mol. The molecule has 0 N–H and O–H groups in total. The molecule has 2 aromatic rings. The molecule has 1 aromatic heterocycles. The van der Waals surface area contributed by atoms with Crippen LogP contribution in [0.1, 0.15) is 21.2 Å². The number of hydrogen-bond donors (Lipinski definition) is 0. The molecule has 0 saturated carbocycles. The minimum Gasteiger partial charge on any atom is -0.291 e. The second-order valence-electron chi connectivity index (χ2n) is 3.47. The van der Waals surface area contributed by atoms with E-state index < -0.39 is 5.92 Å². The molecule has 0 aliphatic heterocycles. The van der Waals surface area contributed by atoms with Gasteiger partial charge in [-0.15, -0.1) is 11.3 Å². The Hall–Kier alpha value is -1.41. The first-order valence-electron chi connectivity index (χ1n) is 4.90. The van der Waals surface area contributed by atoms with E-state index in [1.807, 2.05) is 6.07 Å². The molecule has 1 aromatic carbocycles. The average Bonchev–Trinajstić information content (AvgIpc) is 2.88. The van der Waals surface area contributed by atoms with Crippen molar-refractivity contribution in [2.45, 2.75) is 5.92 Å². The van der Waals surface area contributed by atoms with Crippen molar-refractivity contribution in [1.29, 1.82) is 5.26 Å². The van der Waals surface area contributed by atoms with Crippen LogP contribution >= 0.6 is 34.5 Å². The first-order chi connectivity index (χ1) is 8.63. The molecule has 1 heterocycles. The number of nitriles is 1. The summed E-state index contributed by atoms with van der Waals surface area (Å²) >= 11 is 12.9. The molecule has 0 bridgehead atoms. The Morgan fingerprint density at radius 2 is 2.17 bits per heavy atom. The van der Waals surface area contributed by atoms with Gasteiger partial charge >= 0.3 is 0 Å². The molecule has 0 spiro atoms. The lowest BCUT2D eigenvalue weighted by Gasteiger charge is -2.08. The Balaban J connectivity index is 2.37. The highest BCUT2D eigenvalue weighted by Gasteiger charge is 2.23. The van der Waals surface area contributed by atoms with E-state index in [2.05, 4.69) is 4.98 Å². The predicted molar refractivity (Wildman–Crippen MR) is 71.3 cm³/mol. The Morgan fingerprint density at radius 3 is 2.72 bits per heavy atom. The Morgan fingerprint density at radius 1 is 1.39 bits per heavy atom. The van der Waals surface area contributed by atoms with Gasteiger partial charge in [-0.25, -0.2) is 0 Å². The van der Waals surface area contributed by atoms with Gasteiger partial charge in [0.1, 0.15) is 5.92 Å². The third kappa shape index (κ3) is 2.54. The van der Waals surface area contributed by atoms with Crippen molar-refractivity contribution >= 4 is 40.3 Å². The highest BCUT2D eigenvalue weighted by molar-refractivity contribution is 7.11. The number of aromatic nitrogens is 1. The van der Waals surface area contributed by atoms with Gasteiger partial charge in [0.05, 0.1) is 26.5 Å². The van der Waals surface area contributed by atoms with Crippen molar-refractivity contribution in [3.8, 4) is 6.07 Å². The van der Waals surface area contributed by atoms with Crippen LogP contribution in [0.15, 0.2) is 29.9 Å².